The number of rotatable bonds is 5. The maximum Gasteiger partial charge on any atom is 0.127 e. The van der Waals surface area contributed by atoms with Crippen molar-refractivity contribution in [1.82, 2.24) is 0 Å². The molecular formula is C33H27OP. The van der Waals surface area contributed by atoms with E-state index in [0.29, 0.717) is 0 Å². The molecule has 6 rings (SSSR count). The predicted molar refractivity (Wildman–Crippen MR) is 152 cm³/mol. The van der Waals surface area contributed by atoms with Crippen molar-refractivity contribution in [2.45, 2.75) is 12.8 Å². The summed E-state index contributed by atoms with van der Waals surface area (Å²) >= 11 is 0. The van der Waals surface area contributed by atoms with Gasteiger partial charge in [-0.25, -0.2) is 0 Å². The first-order valence-corrected chi connectivity index (χ1v) is 13.5. The van der Waals surface area contributed by atoms with Gasteiger partial charge in [0, 0.05) is 11.1 Å². The smallest absolute Gasteiger partial charge is 0.127 e. The van der Waals surface area contributed by atoms with Gasteiger partial charge in [0.15, 0.2) is 0 Å². The topological polar surface area (TPSA) is 9.23 Å². The molecule has 0 radical (unpaired) electrons. The lowest BCUT2D eigenvalue weighted by Gasteiger charge is -2.25. The molecule has 0 N–H and O–H groups in total. The summed E-state index contributed by atoms with van der Waals surface area (Å²) in [5.74, 6) is 0.924. The van der Waals surface area contributed by atoms with Gasteiger partial charge < -0.3 is 4.74 Å². The molecule has 1 aliphatic carbocycles. The van der Waals surface area contributed by atoms with Crippen LogP contribution in [0, 0.1) is 0 Å². The van der Waals surface area contributed by atoms with Crippen molar-refractivity contribution < 1.29 is 4.74 Å². The van der Waals surface area contributed by atoms with Crippen LogP contribution in [0.1, 0.15) is 12.8 Å². The second-order valence-electron chi connectivity index (χ2n) is 8.82. The van der Waals surface area contributed by atoms with Crippen LogP contribution in [0.25, 0.3) is 34.1 Å². The molecule has 2 heteroatoms. The highest BCUT2D eigenvalue weighted by molar-refractivity contribution is 7.80. The van der Waals surface area contributed by atoms with Gasteiger partial charge in [-0.15, -0.1) is 0 Å². The molecule has 0 atom stereocenters. The van der Waals surface area contributed by atoms with Crippen LogP contribution in [0.3, 0.4) is 0 Å². The summed E-state index contributed by atoms with van der Waals surface area (Å²) in [6.45, 7) is 0. The highest BCUT2D eigenvalue weighted by atomic mass is 31.1. The zero-order valence-electron chi connectivity index (χ0n) is 19.8. The minimum atomic E-state index is -0.768. The van der Waals surface area contributed by atoms with Gasteiger partial charge >= 0.3 is 0 Å². The first kappa shape index (κ1) is 21.8. The van der Waals surface area contributed by atoms with E-state index in [1.165, 1.54) is 48.3 Å². The molecule has 0 heterocycles. The molecule has 0 aromatic heterocycles. The van der Waals surface area contributed by atoms with Crippen molar-refractivity contribution >= 4 is 46.8 Å². The van der Waals surface area contributed by atoms with E-state index in [2.05, 4.69) is 121 Å². The Labute approximate surface area is 207 Å². The van der Waals surface area contributed by atoms with E-state index < -0.39 is 7.92 Å². The lowest BCUT2D eigenvalue weighted by molar-refractivity contribution is 0.417. The Morgan fingerprint density at radius 2 is 1.26 bits per heavy atom. The van der Waals surface area contributed by atoms with Crippen LogP contribution in [0.15, 0.2) is 109 Å². The van der Waals surface area contributed by atoms with Crippen molar-refractivity contribution in [3.63, 3.8) is 0 Å². The summed E-state index contributed by atoms with van der Waals surface area (Å²) in [5.41, 5.74) is 2.51. The van der Waals surface area contributed by atoms with E-state index in [9.17, 15) is 0 Å². The lowest BCUT2D eigenvalue weighted by Crippen LogP contribution is -2.35. The molecule has 5 aromatic carbocycles. The first-order valence-electron chi connectivity index (χ1n) is 12.1. The predicted octanol–water partition coefficient (Wildman–Crippen LogP) is 5.63. The van der Waals surface area contributed by atoms with Crippen molar-refractivity contribution in [2.24, 2.45) is 0 Å². The van der Waals surface area contributed by atoms with Gasteiger partial charge in [0.25, 0.3) is 0 Å². The van der Waals surface area contributed by atoms with Crippen molar-refractivity contribution in [3.05, 3.63) is 120 Å². The third-order valence-corrected chi connectivity index (χ3v) is 9.25. The van der Waals surface area contributed by atoms with E-state index in [4.69, 9.17) is 4.74 Å². The highest BCUT2D eigenvalue weighted by Gasteiger charge is 2.24. The summed E-state index contributed by atoms with van der Waals surface area (Å²) in [6.07, 6.45) is 6.96. The Morgan fingerprint density at radius 1 is 0.600 bits per heavy atom. The SMILES string of the molecule is COc1ccc2ccccc2c1-c1c(P(c2ccccc2)c2ccccc2)ccc2c1=CCCC=2. The van der Waals surface area contributed by atoms with Gasteiger partial charge in [-0.3, -0.25) is 0 Å². The number of hydrogen-bond acceptors (Lipinski definition) is 1. The second kappa shape index (κ2) is 9.53. The molecule has 5 aromatic rings. The summed E-state index contributed by atoms with van der Waals surface area (Å²) < 4.78 is 6.03. The average Bonchev–Trinajstić information content (AvgIpc) is 2.94. The number of benzene rings is 5. The minimum Gasteiger partial charge on any atom is -0.496 e. The number of methoxy groups -OCH3 is 1. The Bertz CT molecular complexity index is 1580. The Hall–Kier alpha value is -3.67. The summed E-state index contributed by atoms with van der Waals surface area (Å²) in [6, 6.07) is 39.6. The maximum atomic E-state index is 6.03. The highest BCUT2D eigenvalue weighted by Crippen LogP contribution is 2.41. The molecular weight excluding hydrogens is 443 g/mol. The number of hydrogen-bond donors (Lipinski definition) is 0. The summed E-state index contributed by atoms with van der Waals surface area (Å²) in [7, 11) is 1.02. The fourth-order valence-electron chi connectivity index (χ4n) is 5.20. The third-order valence-electron chi connectivity index (χ3n) is 6.77. The molecule has 1 nitrogen and oxygen atoms in total. The molecule has 170 valence electrons. The van der Waals surface area contributed by atoms with Crippen molar-refractivity contribution in [2.75, 3.05) is 7.11 Å². The zero-order chi connectivity index (χ0) is 23.6. The molecule has 35 heavy (non-hydrogen) atoms. The molecule has 0 bridgehead atoms. The third kappa shape index (κ3) is 3.97. The largest absolute Gasteiger partial charge is 0.496 e. The normalized spacial score (nSPS) is 12.6. The van der Waals surface area contributed by atoms with Gasteiger partial charge in [0.1, 0.15) is 5.75 Å². The summed E-state index contributed by atoms with van der Waals surface area (Å²) in [4.78, 5) is 0. The molecule has 0 unspecified atom stereocenters. The quantitative estimate of drug-likeness (QED) is 0.303. The van der Waals surface area contributed by atoms with E-state index >= 15 is 0 Å². The van der Waals surface area contributed by atoms with Crippen LogP contribution in [0.4, 0.5) is 0 Å². The molecule has 0 saturated carbocycles. The van der Waals surface area contributed by atoms with Crippen LogP contribution in [-0.2, 0) is 0 Å². The molecule has 1 aliphatic rings. The second-order valence-corrected chi connectivity index (χ2v) is 11.0. The van der Waals surface area contributed by atoms with E-state index in [1.54, 1.807) is 7.11 Å². The minimum absolute atomic E-state index is 0.768. The zero-order valence-corrected chi connectivity index (χ0v) is 20.7. The van der Waals surface area contributed by atoms with Gasteiger partial charge in [-0.2, -0.15) is 0 Å². The van der Waals surface area contributed by atoms with Crippen LogP contribution in [0.2, 0.25) is 0 Å². The fraction of sp³-hybridized carbons (Fsp3) is 0.0909. The van der Waals surface area contributed by atoms with E-state index in [0.717, 1.165) is 18.6 Å². The van der Waals surface area contributed by atoms with Crippen molar-refractivity contribution in [3.8, 4) is 16.9 Å². The number of fused-ring (bicyclic) bond motifs is 2. The standard InChI is InChI=1S/C33H27OP/c1-34-30-22-20-24-12-8-10-18-28(24)32(30)33-29-19-11-9-13-25(29)21-23-31(33)35(26-14-4-2-5-15-26)27-16-6-3-7-17-27/h2-8,10,12-23H,9,11H2,1H3. The maximum absolute atomic E-state index is 6.03. The summed E-state index contributed by atoms with van der Waals surface area (Å²) in [5, 5.41) is 9.20. The van der Waals surface area contributed by atoms with Crippen LogP contribution >= 0.6 is 7.92 Å². The number of ether oxygens (including phenoxy) is 1. The molecule has 0 amide bonds. The Kier molecular flexibility index (Phi) is 5.94. The van der Waals surface area contributed by atoms with Gasteiger partial charge in [-0.05, 0) is 64.0 Å². The van der Waals surface area contributed by atoms with Crippen LogP contribution in [0.5, 0.6) is 5.75 Å². The van der Waals surface area contributed by atoms with E-state index in [-0.39, 0.29) is 0 Å². The Balaban J connectivity index is 1.77. The average molecular weight is 471 g/mol. The monoisotopic (exact) mass is 470 g/mol. The van der Waals surface area contributed by atoms with Gasteiger partial charge in [0.2, 0.25) is 0 Å². The van der Waals surface area contributed by atoms with Gasteiger partial charge in [0.05, 0.1) is 7.11 Å². The van der Waals surface area contributed by atoms with Crippen LogP contribution in [-0.4, -0.2) is 7.11 Å². The fourth-order valence-corrected chi connectivity index (χ4v) is 7.67. The molecule has 0 aliphatic heterocycles. The van der Waals surface area contributed by atoms with Crippen molar-refractivity contribution in [1.29, 1.82) is 0 Å². The molecule has 0 saturated heterocycles. The van der Waals surface area contributed by atoms with Gasteiger partial charge in [-0.1, -0.05) is 115 Å². The molecule has 0 spiro atoms. The van der Waals surface area contributed by atoms with Crippen LogP contribution < -0.4 is 31.1 Å². The van der Waals surface area contributed by atoms with E-state index in [1.807, 2.05) is 0 Å². The molecule has 0 fully saturated rings. The first-order chi connectivity index (χ1) is 17.3. The Morgan fingerprint density at radius 3 is 1.97 bits per heavy atom. The lowest BCUT2D eigenvalue weighted by atomic mass is 9.93.